The Hall–Kier alpha value is -1.97. The minimum absolute atomic E-state index is 0. The number of benzene rings is 1. The third kappa shape index (κ3) is 5.77. The molecule has 5 nitrogen and oxygen atoms in total. The lowest BCUT2D eigenvalue weighted by atomic mass is 9.84. The molecular formula is C21H28F2IN5. The maximum Gasteiger partial charge on any atom is 0.191 e. The number of rotatable bonds is 5. The van der Waals surface area contributed by atoms with E-state index in [1.807, 2.05) is 30.9 Å². The Morgan fingerprint density at radius 3 is 2.62 bits per heavy atom. The van der Waals surface area contributed by atoms with Crippen molar-refractivity contribution in [3.63, 3.8) is 0 Å². The molecule has 0 aliphatic carbocycles. The predicted molar refractivity (Wildman–Crippen MR) is 124 cm³/mol. The highest BCUT2D eigenvalue weighted by molar-refractivity contribution is 14.0. The van der Waals surface area contributed by atoms with E-state index in [1.165, 1.54) is 12.1 Å². The molecule has 29 heavy (non-hydrogen) atoms. The van der Waals surface area contributed by atoms with Crippen LogP contribution < -0.4 is 15.5 Å². The van der Waals surface area contributed by atoms with Gasteiger partial charge in [0.05, 0.1) is 0 Å². The van der Waals surface area contributed by atoms with Crippen molar-refractivity contribution in [3.8, 4) is 0 Å². The minimum atomic E-state index is -0.401. The average molecular weight is 515 g/mol. The van der Waals surface area contributed by atoms with Crippen LogP contribution in [0.4, 0.5) is 14.6 Å². The van der Waals surface area contributed by atoms with Gasteiger partial charge in [0.15, 0.2) is 17.6 Å². The van der Waals surface area contributed by atoms with Crippen LogP contribution in [0.1, 0.15) is 25.8 Å². The molecule has 0 spiro atoms. The van der Waals surface area contributed by atoms with Crippen LogP contribution in [0.25, 0.3) is 0 Å². The van der Waals surface area contributed by atoms with Crippen molar-refractivity contribution < 1.29 is 8.78 Å². The van der Waals surface area contributed by atoms with E-state index in [-0.39, 0.29) is 41.7 Å². The predicted octanol–water partition coefficient (Wildman–Crippen LogP) is 3.70. The normalized spacial score (nSPS) is 17.1. The fourth-order valence-corrected chi connectivity index (χ4v) is 3.48. The summed E-state index contributed by atoms with van der Waals surface area (Å²) in [6.45, 7) is 5.88. The Bertz CT molecular complexity index is 843. The largest absolute Gasteiger partial charge is 0.356 e. The van der Waals surface area contributed by atoms with Gasteiger partial charge in [-0.1, -0.05) is 32.0 Å². The van der Waals surface area contributed by atoms with Gasteiger partial charge in [0.25, 0.3) is 0 Å². The summed E-state index contributed by atoms with van der Waals surface area (Å²) in [5, 5.41) is 6.67. The van der Waals surface area contributed by atoms with E-state index in [2.05, 4.69) is 20.6 Å². The van der Waals surface area contributed by atoms with Crippen LogP contribution >= 0.6 is 24.0 Å². The molecule has 1 aromatic carbocycles. The van der Waals surface area contributed by atoms with E-state index in [1.54, 1.807) is 25.4 Å². The molecule has 1 atom stereocenters. The summed E-state index contributed by atoms with van der Waals surface area (Å²) >= 11 is 0. The zero-order chi connectivity index (χ0) is 20.1. The second kappa shape index (κ2) is 10.2. The molecule has 1 saturated heterocycles. The Morgan fingerprint density at radius 2 is 1.93 bits per heavy atom. The van der Waals surface area contributed by atoms with E-state index in [0.29, 0.717) is 30.4 Å². The lowest BCUT2D eigenvalue weighted by Crippen LogP contribution is -2.48. The monoisotopic (exact) mass is 515 g/mol. The van der Waals surface area contributed by atoms with Crippen molar-refractivity contribution in [2.24, 2.45) is 4.99 Å². The van der Waals surface area contributed by atoms with Crippen molar-refractivity contribution in [3.05, 3.63) is 59.8 Å². The van der Waals surface area contributed by atoms with Crippen LogP contribution in [0, 0.1) is 11.6 Å². The highest BCUT2D eigenvalue weighted by atomic mass is 127. The van der Waals surface area contributed by atoms with Crippen molar-refractivity contribution in [2.75, 3.05) is 31.6 Å². The van der Waals surface area contributed by atoms with Crippen LogP contribution in [-0.4, -0.2) is 43.7 Å². The Balaban J connectivity index is 0.00000300. The smallest absolute Gasteiger partial charge is 0.191 e. The molecular weight excluding hydrogens is 487 g/mol. The van der Waals surface area contributed by atoms with Gasteiger partial charge in [-0.25, -0.2) is 13.8 Å². The van der Waals surface area contributed by atoms with E-state index in [9.17, 15) is 8.78 Å². The third-order valence-corrected chi connectivity index (χ3v) is 5.09. The number of aromatic nitrogens is 1. The molecule has 1 aliphatic heterocycles. The van der Waals surface area contributed by atoms with E-state index < -0.39 is 5.41 Å². The van der Waals surface area contributed by atoms with Crippen molar-refractivity contribution in [1.82, 2.24) is 15.6 Å². The number of nitrogens with zero attached hydrogens (tertiary/aromatic N) is 3. The molecule has 0 radical (unpaired) electrons. The van der Waals surface area contributed by atoms with Crippen molar-refractivity contribution >= 4 is 35.8 Å². The number of hydrogen-bond acceptors (Lipinski definition) is 3. The summed E-state index contributed by atoms with van der Waals surface area (Å²) in [7, 11) is 1.70. The second-order valence-electron chi connectivity index (χ2n) is 7.67. The Kier molecular flexibility index (Phi) is 8.18. The van der Waals surface area contributed by atoms with Crippen LogP contribution in [0.2, 0.25) is 0 Å². The lowest BCUT2D eigenvalue weighted by Gasteiger charge is -2.28. The first kappa shape index (κ1) is 23.3. The maximum atomic E-state index is 14.1. The highest BCUT2D eigenvalue weighted by Crippen LogP contribution is 2.25. The lowest BCUT2D eigenvalue weighted by molar-refractivity contribution is 0.471. The number of halogens is 3. The number of guanidine groups is 1. The van der Waals surface area contributed by atoms with Crippen LogP contribution in [0.3, 0.4) is 0 Å². The molecule has 1 aliphatic rings. The summed E-state index contributed by atoms with van der Waals surface area (Å²) in [4.78, 5) is 10.4. The fraction of sp³-hybridized carbons (Fsp3) is 0.429. The standard InChI is InChI=1S/C21H27F2N5.HI/c1-21(2,16-7-4-5-8-17(16)22)14-26-20(24-3)27-15-10-12-28(13-15)19-18(23)9-6-11-25-19;/h4-9,11,15H,10,12-14H2,1-3H3,(H2,24,26,27);1H. The first-order chi connectivity index (χ1) is 13.4. The van der Waals surface area contributed by atoms with Crippen molar-refractivity contribution in [1.29, 1.82) is 0 Å². The molecule has 2 aromatic rings. The molecule has 1 fully saturated rings. The zero-order valence-electron chi connectivity index (χ0n) is 17.0. The topological polar surface area (TPSA) is 52.6 Å². The summed E-state index contributed by atoms with van der Waals surface area (Å²) in [5.74, 6) is 0.520. The molecule has 8 heteroatoms. The van der Waals surface area contributed by atoms with Crippen LogP contribution in [0.15, 0.2) is 47.6 Å². The number of nitrogens with one attached hydrogen (secondary N) is 2. The molecule has 3 rings (SSSR count). The van der Waals surface area contributed by atoms with Crippen LogP contribution in [0.5, 0.6) is 0 Å². The quantitative estimate of drug-likeness (QED) is 0.363. The van der Waals surface area contributed by atoms with Gasteiger partial charge in [0.1, 0.15) is 5.82 Å². The maximum absolute atomic E-state index is 14.1. The fourth-order valence-electron chi connectivity index (χ4n) is 3.48. The van der Waals surface area contributed by atoms with E-state index in [0.717, 1.165) is 13.0 Å². The Morgan fingerprint density at radius 1 is 1.21 bits per heavy atom. The third-order valence-electron chi connectivity index (χ3n) is 5.09. The summed E-state index contributed by atoms with van der Waals surface area (Å²) in [5.41, 5.74) is 0.262. The second-order valence-corrected chi connectivity index (χ2v) is 7.67. The summed E-state index contributed by atoms with van der Waals surface area (Å²) in [6.07, 6.45) is 2.46. The van der Waals surface area contributed by atoms with Crippen molar-refractivity contribution in [2.45, 2.75) is 31.7 Å². The number of anilines is 1. The summed E-state index contributed by atoms with van der Waals surface area (Å²) < 4.78 is 28.1. The van der Waals surface area contributed by atoms with Gasteiger partial charge >= 0.3 is 0 Å². The molecule has 1 aromatic heterocycles. The van der Waals surface area contributed by atoms with Crippen LogP contribution in [-0.2, 0) is 5.41 Å². The molecule has 2 heterocycles. The summed E-state index contributed by atoms with van der Waals surface area (Å²) in [6, 6.07) is 9.97. The number of hydrogen-bond donors (Lipinski definition) is 2. The molecule has 2 N–H and O–H groups in total. The first-order valence-electron chi connectivity index (χ1n) is 9.48. The van der Waals surface area contributed by atoms with Gasteiger partial charge in [-0.05, 0) is 30.2 Å². The first-order valence-corrected chi connectivity index (χ1v) is 9.48. The SMILES string of the molecule is CN=C(NCC(C)(C)c1ccccc1F)NC1CCN(c2ncccc2F)C1.I. The highest BCUT2D eigenvalue weighted by Gasteiger charge is 2.27. The molecule has 1 unspecified atom stereocenters. The molecule has 0 amide bonds. The van der Waals surface area contributed by atoms with E-state index in [4.69, 9.17) is 0 Å². The van der Waals surface area contributed by atoms with Gasteiger partial charge < -0.3 is 15.5 Å². The van der Waals surface area contributed by atoms with Gasteiger partial charge in [-0.15, -0.1) is 24.0 Å². The number of aliphatic imine (C=N–C) groups is 1. The van der Waals surface area contributed by atoms with Gasteiger partial charge in [0.2, 0.25) is 0 Å². The van der Waals surface area contributed by atoms with Gasteiger partial charge in [0, 0.05) is 44.3 Å². The van der Waals surface area contributed by atoms with Gasteiger partial charge in [-0.3, -0.25) is 4.99 Å². The Labute approximate surface area is 188 Å². The molecule has 158 valence electrons. The van der Waals surface area contributed by atoms with E-state index >= 15 is 0 Å². The zero-order valence-corrected chi connectivity index (χ0v) is 19.3. The van der Waals surface area contributed by atoms with Gasteiger partial charge in [-0.2, -0.15) is 0 Å². The number of pyridine rings is 1. The molecule has 0 saturated carbocycles. The minimum Gasteiger partial charge on any atom is -0.356 e. The molecule has 0 bridgehead atoms. The average Bonchev–Trinajstić information content (AvgIpc) is 3.14.